The van der Waals surface area contributed by atoms with Gasteiger partial charge in [-0.15, -0.1) is 0 Å². The van der Waals surface area contributed by atoms with E-state index in [1.54, 1.807) is 49.4 Å². The van der Waals surface area contributed by atoms with E-state index in [4.69, 9.17) is 16.3 Å². The van der Waals surface area contributed by atoms with Gasteiger partial charge >= 0.3 is 6.03 Å². The normalized spacial score (nSPS) is 15.6. The zero-order valence-electron chi connectivity index (χ0n) is 15.1. The smallest absolute Gasteiger partial charge is 0.335 e. The van der Waals surface area contributed by atoms with Gasteiger partial charge in [-0.3, -0.25) is 14.9 Å². The van der Waals surface area contributed by atoms with E-state index in [2.05, 4.69) is 11.9 Å². The largest absolute Gasteiger partial charge is 0.490 e. The molecule has 3 rings (SSSR count). The van der Waals surface area contributed by atoms with Gasteiger partial charge in [0.25, 0.3) is 11.8 Å². The molecule has 6 nitrogen and oxygen atoms in total. The molecule has 0 spiro atoms. The number of aryl methyl sites for hydroxylation is 1. The van der Waals surface area contributed by atoms with E-state index in [-0.39, 0.29) is 5.57 Å². The van der Waals surface area contributed by atoms with E-state index in [1.165, 1.54) is 12.1 Å². The number of nitrogens with zero attached hydrogens (tertiary/aromatic N) is 1. The van der Waals surface area contributed by atoms with Gasteiger partial charge < -0.3 is 4.74 Å². The standard InChI is InChI=1S/C21H17ClN2O4/c1-3-10-28-16-8-5-14(6-9-16)11-17-19(25)23-21(27)24(20(17)26)18-12-15(22)7-4-13(18)2/h3-9,11-12H,1,10H2,2H3,(H,23,25,27)/b17-11+. The molecule has 28 heavy (non-hydrogen) atoms. The molecule has 0 aromatic heterocycles. The molecule has 0 radical (unpaired) electrons. The van der Waals surface area contributed by atoms with Gasteiger partial charge in [-0.05, 0) is 48.4 Å². The van der Waals surface area contributed by atoms with Crippen molar-refractivity contribution in [3.8, 4) is 5.75 Å². The van der Waals surface area contributed by atoms with Crippen molar-refractivity contribution in [1.82, 2.24) is 5.32 Å². The summed E-state index contributed by atoms with van der Waals surface area (Å²) >= 11 is 6.01. The van der Waals surface area contributed by atoms with Crippen LogP contribution in [0.2, 0.25) is 5.02 Å². The molecule has 0 atom stereocenters. The van der Waals surface area contributed by atoms with Crippen molar-refractivity contribution in [1.29, 1.82) is 0 Å². The average Bonchev–Trinajstić information content (AvgIpc) is 2.67. The lowest BCUT2D eigenvalue weighted by Crippen LogP contribution is -2.54. The Morgan fingerprint density at radius 3 is 2.54 bits per heavy atom. The molecule has 1 aliphatic heterocycles. The molecule has 1 N–H and O–H groups in total. The molecule has 0 aliphatic carbocycles. The van der Waals surface area contributed by atoms with Crippen molar-refractivity contribution in [3.05, 3.63) is 76.8 Å². The Bertz CT molecular complexity index is 996. The number of carbonyl (C=O) groups is 3. The summed E-state index contributed by atoms with van der Waals surface area (Å²) in [5.74, 6) is -0.836. The van der Waals surface area contributed by atoms with Gasteiger partial charge in [0.1, 0.15) is 17.9 Å². The van der Waals surface area contributed by atoms with Crippen LogP contribution < -0.4 is 15.0 Å². The van der Waals surface area contributed by atoms with Crippen LogP contribution in [0, 0.1) is 6.92 Å². The third kappa shape index (κ3) is 3.97. The van der Waals surface area contributed by atoms with Crippen molar-refractivity contribution in [2.45, 2.75) is 6.92 Å². The third-order valence-electron chi connectivity index (χ3n) is 4.07. The van der Waals surface area contributed by atoms with Crippen LogP contribution in [0.1, 0.15) is 11.1 Å². The highest BCUT2D eigenvalue weighted by atomic mass is 35.5. The Hall–Kier alpha value is -3.38. The summed E-state index contributed by atoms with van der Waals surface area (Å²) in [5, 5.41) is 2.57. The number of hydrogen-bond donors (Lipinski definition) is 1. The van der Waals surface area contributed by atoms with Gasteiger partial charge in [-0.25, -0.2) is 9.69 Å². The Labute approximate surface area is 167 Å². The van der Waals surface area contributed by atoms with Crippen molar-refractivity contribution < 1.29 is 19.1 Å². The Morgan fingerprint density at radius 2 is 1.86 bits per heavy atom. The second-order valence-corrected chi connectivity index (χ2v) is 6.49. The lowest BCUT2D eigenvalue weighted by Gasteiger charge is -2.27. The molecule has 7 heteroatoms. The minimum atomic E-state index is -0.814. The number of benzene rings is 2. The van der Waals surface area contributed by atoms with Gasteiger partial charge in [0.15, 0.2) is 0 Å². The van der Waals surface area contributed by atoms with Crippen molar-refractivity contribution in [2.75, 3.05) is 11.5 Å². The number of anilines is 1. The molecule has 2 aromatic rings. The SMILES string of the molecule is C=CCOc1ccc(/C=C2\C(=O)NC(=O)N(c3cc(Cl)ccc3C)C2=O)cc1. The molecule has 1 heterocycles. The van der Waals surface area contributed by atoms with Crippen LogP contribution in [-0.2, 0) is 9.59 Å². The quantitative estimate of drug-likeness (QED) is 0.472. The first kappa shape index (κ1) is 19.4. The van der Waals surface area contributed by atoms with Gasteiger partial charge in [-0.2, -0.15) is 0 Å². The highest BCUT2D eigenvalue weighted by Crippen LogP contribution is 2.28. The van der Waals surface area contributed by atoms with Crippen LogP contribution in [0.3, 0.4) is 0 Å². The maximum absolute atomic E-state index is 12.9. The van der Waals surface area contributed by atoms with Gasteiger partial charge in [0, 0.05) is 5.02 Å². The molecule has 1 fully saturated rings. The number of rotatable bonds is 5. The van der Waals surface area contributed by atoms with Crippen LogP contribution in [0.5, 0.6) is 5.75 Å². The lowest BCUT2D eigenvalue weighted by molar-refractivity contribution is -0.122. The van der Waals surface area contributed by atoms with Crippen LogP contribution in [-0.4, -0.2) is 24.5 Å². The maximum atomic E-state index is 12.9. The van der Waals surface area contributed by atoms with E-state index in [9.17, 15) is 14.4 Å². The predicted molar refractivity (Wildman–Crippen MR) is 107 cm³/mol. The number of hydrogen-bond acceptors (Lipinski definition) is 4. The second kappa shape index (κ2) is 8.10. The van der Waals surface area contributed by atoms with Crippen LogP contribution in [0.15, 0.2) is 60.7 Å². The molecular weight excluding hydrogens is 380 g/mol. The fraction of sp³-hybridized carbons (Fsp3) is 0.0952. The summed E-state index contributed by atoms with van der Waals surface area (Å²) < 4.78 is 5.41. The molecule has 1 saturated heterocycles. The highest BCUT2D eigenvalue weighted by molar-refractivity contribution is 6.39. The Morgan fingerprint density at radius 1 is 1.14 bits per heavy atom. The van der Waals surface area contributed by atoms with E-state index in [0.717, 1.165) is 4.90 Å². The minimum absolute atomic E-state index is 0.154. The molecular formula is C21H17ClN2O4. The van der Waals surface area contributed by atoms with Crippen LogP contribution in [0.4, 0.5) is 10.5 Å². The van der Waals surface area contributed by atoms with Crippen molar-refractivity contribution >= 4 is 41.2 Å². The molecule has 0 saturated carbocycles. The molecule has 0 bridgehead atoms. The summed E-state index contributed by atoms with van der Waals surface area (Å²) in [6.07, 6.45) is 3.05. The van der Waals surface area contributed by atoms with Gasteiger partial charge in [-0.1, -0.05) is 42.5 Å². The monoisotopic (exact) mass is 396 g/mol. The molecule has 142 valence electrons. The summed E-state index contributed by atoms with van der Waals surface area (Å²) in [6.45, 7) is 5.70. The van der Waals surface area contributed by atoms with E-state index >= 15 is 0 Å². The van der Waals surface area contributed by atoms with Gasteiger partial charge in [0.2, 0.25) is 0 Å². The topological polar surface area (TPSA) is 75.7 Å². The van der Waals surface area contributed by atoms with E-state index in [0.29, 0.717) is 34.2 Å². The number of urea groups is 1. The number of halogens is 1. The third-order valence-corrected chi connectivity index (χ3v) is 4.31. The Kier molecular flexibility index (Phi) is 5.61. The first-order valence-corrected chi connectivity index (χ1v) is 8.80. The first-order chi connectivity index (χ1) is 13.4. The highest BCUT2D eigenvalue weighted by Gasteiger charge is 2.37. The summed E-state index contributed by atoms with van der Waals surface area (Å²) in [5.41, 5.74) is 1.45. The maximum Gasteiger partial charge on any atom is 0.335 e. The van der Waals surface area contributed by atoms with Gasteiger partial charge in [0.05, 0.1) is 5.69 Å². The number of nitrogens with one attached hydrogen (secondary N) is 1. The molecule has 1 aliphatic rings. The van der Waals surface area contributed by atoms with Crippen molar-refractivity contribution in [2.24, 2.45) is 0 Å². The molecule has 2 aromatic carbocycles. The molecule has 0 unspecified atom stereocenters. The fourth-order valence-electron chi connectivity index (χ4n) is 2.68. The van der Waals surface area contributed by atoms with E-state index in [1.807, 2.05) is 0 Å². The van der Waals surface area contributed by atoms with Crippen LogP contribution >= 0.6 is 11.6 Å². The molecule has 4 amide bonds. The first-order valence-electron chi connectivity index (χ1n) is 8.42. The Balaban J connectivity index is 1.94. The number of barbiturate groups is 1. The van der Waals surface area contributed by atoms with E-state index < -0.39 is 17.8 Å². The number of carbonyl (C=O) groups excluding carboxylic acids is 3. The number of amides is 4. The second-order valence-electron chi connectivity index (χ2n) is 6.06. The lowest BCUT2D eigenvalue weighted by atomic mass is 10.1. The number of ether oxygens (including phenoxy) is 1. The zero-order valence-corrected chi connectivity index (χ0v) is 15.8. The van der Waals surface area contributed by atoms with Crippen LogP contribution in [0.25, 0.3) is 6.08 Å². The fourth-order valence-corrected chi connectivity index (χ4v) is 2.85. The minimum Gasteiger partial charge on any atom is -0.490 e. The summed E-state index contributed by atoms with van der Waals surface area (Å²) in [6, 6.07) is 10.9. The number of imide groups is 2. The predicted octanol–water partition coefficient (Wildman–Crippen LogP) is 3.88. The van der Waals surface area contributed by atoms with Crippen molar-refractivity contribution in [3.63, 3.8) is 0 Å². The summed E-state index contributed by atoms with van der Waals surface area (Å²) in [7, 11) is 0. The summed E-state index contributed by atoms with van der Waals surface area (Å²) in [4.78, 5) is 38.4. The average molecular weight is 397 g/mol. The zero-order chi connectivity index (χ0) is 20.3.